The molecule has 1 aromatic rings. The maximum absolute atomic E-state index is 6.03. The largest absolute Gasteiger partial charge is 0.454 e. The highest BCUT2D eigenvalue weighted by Crippen LogP contribution is 2.62. The van der Waals surface area contributed by atoms with Crippen molar-refractivity contribution in [2.24, 2.45) is 16.3 Å². The Morgan fingerprint density at radius 1 is 1.26 bits per heavy atom. The van der Waals surface area contributed by atoms with Gasteiger partial charge in [0.05, 0.1) is 6.10 Å². The molecule has 0 amide bonds. The van der Waals surface area contributed by atoms with Crippen LogP contribution in [-0.2, 0) is 11.2 Å². The Morgan fingerprint density at radius 3 is 2.96 bits per heavy atom. The number of rotatable bonds is 5. The topological polar surface area (TPSA) is 64.1 Å². The van der Waals surface area contributed by atoms with Gasteiger partial charge in [-0.25, -0.2) is 0 Å². The van der Waals surface area contributed by atoms with E-state index in [9.17, 15) is 0 Å². The maximum Gasteiger partial charge on any atom is 0.231 e. The molecule has 3 fully saturated rings. The molecule has 5 rings (SSSR count). The summed E-state index contributed by atoms with van der Waals surface area (Å²) in [6, 6.07) is 6.66. The third kappa shape index (κ3) is 2.85. The predicted octanol–water partition coefficient (Wildman–Crippen LogP) is 2.47. The van der Waals surface area contributed by atoms with Gasteiger partial charge in [-0.05, 0) is 50.3 Å². The van der Waals surface area contributed by atoms with E-state index in [1.807, 2.05) is 6.07 Å². The van der Waals surface area contributed by atoms with Crippen molar-refractivity contribution in [1.29, 1.82) is 0 Å². The van der Waals surface area contributed by atoms with Gasteiger partial charge in [-0.2, -0.15) is 0 Å². The lowest BCUT2D eigenvalue weighted by atomic mass is 9.46. The predicted molar refractivity (Wildman–Crippen MR) is 103 cm³/mol. The minimum atomic E-state index is 0.320. The highest BCUT2D eigenvalue weighted by molar-refractivity contribution is 5.80. The molecule has 2 N–H and O–H groups in total. The summed E-state index contributed by atoms with van der Waals surface area (Å²) in [5.41, 5.74) is 1.59. The van der Waals surface area contributed by atoms with Crippen LogP contribution in [0, 0.1) is 11.3 Å². The van der Waals surface area contributed by atoms with Crippen LogP contribution in [0.1, 0.15) is 38.2 Å². The first-order valence-electron chi connectivity index (χ1n) is 10.4. The smallest absolute Gasteiger partial charge is 0.231 e. The Kier molecular flexibility index (Phi) is 4.38. The molecule has 3 unspecified atom stereocenters. The second-order valence-electron chi connectivity index (χ2n) is 8.15. The first-order chi connectivity index (χ1) is 13.3. The molecular formula is C21H29N3O3. The fraction of sp³-hybridized carbons (Fsp3) is 0.667. The molecule has 6 heteroatoms. The van der Waals surface area contributed by atoms with Crippen molar-refractivity contribution in [3.8, 4) is 11.5 Å². The van der Waals surface area contributed by atoms with Gasteiger partial charge in [0, 0.05) is 37.1 Å². The van der Waals surface area contributed by atoms with Gasteiger partial charge in [0.2, 0.25) is 6.79 Å². The van der Waals surface area contributed by atoms with Crippen molar-refractivity contribution in [3.05, 3.63) is 23.8 Å². The fourth-order valence-electron chi connectivity index (χ4n) is 5.32. The summed E-state index contributed by atoms with van der Waals surface area (Å²) >= 11 is 0. The summed E-state index contributed by atoms with van der Waals surface area (Å²) in [4.78, 5) is 4.84. The molecule has 146 valence electrons. The molecule has 0 aromatic heterocycles. The number of nitrogens with one attached hydrogen (secondary N) is 2. The van der Waals surface area contributed by atoms with E-state index in [0.717, 1.165) is 43.6 Å². The zero-order valence-electron chi connectivity index (χ0n) is 16.0. The van der Waals surface area contributed by atoms with Crippen LogP contribution in [0.25, 0.3) is 0 Å². The van der Waals surface area contributed by atoms with Gasteiger partial charge >= 0.3 is 0 Å². The van der Waals surface area contributed by atoms with Crippen molar-refractivity contribution in [3.63, 3.8) is 0 Å². The fourth-order valence-corrected chi connectivity index (χ4v) is 5.32. The van der Waals surface area contributed by atoms with E-state index in [0.29, 0.717) is 30.3 Å². The van der Waals surface area contributed by atoms with Gasteiger partial charge < -0.3 is 24.8 Å². The molecule has 6 nitrogen and oxygen atoms in total. The molecule has 1 spiro atoms. The van der Waals surface area contributed by atoms with E-state index >= 15 is 0 Å². The molecular weight excluding hydrogens is 342 g/mol. The second kappa shape index (κ2) is 6.89. The normalized spacial score (nSPS) is 29.8. The average Bonchev–Trinajstić information content (AvgIpc) is 3.25. The minimum Gasteiger partial charge on any atom is -0.454 e. The number of benzene rings is 1. The summed E-state index contributed by atoms with van der Waals surface area (Å²) in [5, 5.41) is 7.19. The van der Waals surface area contributed by atoms with E-state index < -0.39 is 0 Å². The van der Waals surface area contributed by atoms with Gasteiger partial charge in [-0.1, -0.05) is 12.5 Å². The average molecular weight is 371 g/mol. The minimum absolute atomic E-state index is 0.320. The van der Waals surface area contributed by atoms with Crippen LogP contribution < -0.4 is 20.1 Å². The second-order valence-corrected chi connectivity index (χ2v) is 8.15. The van der Waals surface area contributed by atoms with Gasteiger partial charge in [-0.15, -0.1) is 0 Å². The Hall–Kier alpha value is -1.95. The third-order valence-electron chi connectivity index (χ3n) is 6.78. The molecule has 0 radical (unpaired) electrons. The SMILES string of the molecule is CCNC(=NCCc1ccc2c(c1)OCO2)NC1C2CCOC2C12CCC2. The number of fused-ring (bicyclic) bond motifs is 3. The van der Waals surface area contributed by atoms with Gasteiger partial charge in [0.15, 0.2) is 17.5 Å². The maximum atomic E-state index is 6.03. The van der Waals surface area contributed by atoms with Crippen LogP contribution in [0.2, 0.25) is 0 Å². The van der Waals surface area contributed by atoms with E-state index in [2.05, 4.69) is 29.7 Å². The molecule has 2 heterocycles. The summed E-state index contributed by atoms with van der Waals surface area (Å²) in [6.07, 6.45) is 6.48. The number of nitrogens with zero attached hydrogens (tertiary/aromatic N) is 1. The van der Waals surface area contributed by atoms with Crippen LogP contribution >= 0.6 is 0 Å². The number of hydrogen-bond acceptors (Lipinski definition) is 4. The number of aliphatic imine (C=N–C) groups is 1. The lowest BCUT2D eigenvalue weighted by Crippen LogP contribution is -2.72. The Balaban J connectivity index is 1.23. The molecule has 1 aromatic carbocycles. The molecule has 2 aliphatic heterocycles. The van der Waals surface area contributed by atoms with Gasteiger partial charge in [-0.3, -0.25) is 4.99 Å². The Morgan fingerprint density at radius 2 is 2.15 bits per heavy atom. The van der Waals surface area contributed by atoms with Crippen molar-refractivity contribution in [2.75, 3.05) is 26.5 Å². The number of ether oxygens (including phenoxy) is 3. The zero-order valence-corrected chi connectivity index (χ0v) is 16.0. The van der Waals surface area contributed by atoms with E-state index in [1.165, 1.54) is 31.2 Å². The molecule has 0 bridgehead atoms. The van der Waals surface area contributed by atoms with E-state index in [1.54, 1.807) is 0 Å². The highest BCUT2D eigenvalue weighted by atomic mass is 16.7. The molecule has 2 aliphatic carbocycles. The molecule has 27 heavy (non-hydrogen) atoms. The highest BCUT2D eigenvalue weighted by Gasteiger charge is 2.66. The van der Waals surface area contributed by atoms with Crippen molar-refractivity contribution in [2.45, 2.75) is 51.2 Å². The summed E-state index contributed by atoms with van der Waals surface area (Å²) in [5.74, 6) is 3.28. The number of hydrogen-bond donors (Lipinski definition) is 2. The summed E-state index contributed by atoms with van der Waals surface area (Å²) < 4.78 is 16.9. The third-order valence-corrected chi connectivity index (χ3v) is 6.78. The summed E-state index contributed by atoms with van der Waals surface area (Å²) in [6.45, 7) is 4.99. The van der Waals surface area contributed by atoms with E-state index in [-0.39, 0.29) is 0 Å². The molecule has 1 saturated heterocycles. The van der Waals surface area contributed by atoms with Crippen LogP contribution in [0.5, 0.6) is 11.5 Å². The van der Waals surface area contributed by atoms with Crippen LogP contribution in [0.15, 0.2) is 23.2 Å². The first-order valence-corrected chi connectivity index (χ1v) is 10.4. The Bertz CT molecular complexity index is 731. The standard InChI is InChI=1S/C21H29N3O3/c1-2-22-20(23-10-6-14-4-5-16-17(12-14)27-13-26-16)24-18-15-7-11-25-19(15)21(18)8-3-9-21/h4-5,12,15,18-19H,2-3,6-11,13H2,1H3,(H2,22,23,24). The Labute approximate surface area is 160 Å². The van der Waals surface area contributed by atoms with Crippen molar-refractivity contribution >= 4 is 5.96 Å². The first kappa shape index (κ1) is 17.2. The van der Waals surface area contributed by atoms with Crippen LogP contribution in [0.4, 0.5) is 0 Å². The monoisotopic (exact) mass is 371 g/mol. The van der Waals surface area contributed by atoms with Crippen LogP contribution in [-0.4, -0.2) is 44.6 Å². The number of guanidine groups is 1. The lowest BCUT2D eigenvalue weighted by molar-refractivity contribution is -0.171. The lowest BCUT2D eigenvalue weighted by Gasteiger charge is -2.63. The molecule has 3 atom stereocenters. The van der Waals surface area contributed by atoms with Gasteiger partial charge in [0.1, 0.15) is 0 Å². The van der Waals surface area contributed by atoms with E-state index in [4.69, 9.17) is 19.2 Å². The van der Waals surface area contributed by atoms with Crippen LogP contribution in [0.3, 0.4) is 0 Å². The quantitative estimate of drug-likeness (QED) is 0.615. The van der Waals surface area contributed by atoms with Crippen molar-refractivity contribution < 1.29 is 14.2 Å². The molecule has 2 saturated carbocycles. The van der Waals surface area contributed by atoms with Gasteiger partial charge in [0.25, 0.3) is 0 Å². The summed E-state index contributed by atoms with van der Waals surface area (Å²) in [7, 11) is 0. The van der Waals surface area contributed by atoms with Crippen molar-refractivity contribution in [1.82, 2.24) is 10.6 Å². The zero-order chi connectivity index (χ0) is 18.3. The molecule has 4 aliphatic rings.